The number of carbonyl (C=O) groups is 1. The number of ether oxygens (including phenoxy) is 1. The number of benzene rings is 1. The van der Waals surface area contributed by atoms with Gasteiger partial charge in [0.2, 0.25) is 5.91 Å². The molecule has 4 heteroatoms. The maximum atomic E-state index is 11.3. The van der Waals surface area contributed by atoms with E-state index < -0.39 is 0 Å². The predicted molar refractivity (Wildman–Crippen MR) is 60.1 cm³/mol. The van der Waals surface area contributed by atoms with E-state index in [-0.39, 0.29) is 11.2 Å². The first kappa shape index (κ1) is 10.9. The summed E-state index contributed by atoms with van der Waals surface area (Å²) in [7, 11) is 1.59. The third-order valence-corrected chi connectivity index (χ3v) is 1.95. The predicted octanol–water partition coefficient (Wildman–Crippen LogP) is 1.95. The third kappa shape index (κ3) is 2.96. The van der Waals surface area contributed by atoms with Crippen molar-refractivity contribution in [1.82, 2.24) is 0 Å². The Hall–Kier alpha value is -1.16. The molecular weight excluding hydrogens is 198 g/mol. The summed E-state index contributed by atoms with van der Waals surface area (Å²) >= 11 is 4.03. The van der Waals surface area contributed by atoms with Gasteiger partial charge in [0.05, 0.1) is 12.4 Å². The van der Waals surface area contributed by atoms with Crippen molar-refractivity contribution in [3.8, 4) is 5.75 Å². The zero-order valence-electron chi connectivity index (χ0n) is 8.15. The standard InChI is InChI=1S/C10H13NO2S/c1-7(14)10(12)11-8-4-3-5-9(6-8)13-2/h3-7,14H,1-2H3,(H,11,12). The Labute approximate surface area is 88.9 Å². The van der Waals surface area contributed by atoms with Crippen LogP contribution in [0.1, 0.15) is 6.92 Å². The largest absolute Gasteiger partial charge is 0.497 e. The highest BCUT2D eigenvalue weighted by molar-refractivity contribution is 7.81. The highest BCUT2D eigenvalue weighted by atomic mass is 32.1. The van der Waals surface area contributed by atoms with Gasteiger partial charge in [-0.1, -0.05) is 6.07 Å². The fourth-order valence-electron chi connectivity index (χ4n) is 0.948. The van der Waals surface area contributed by atoms with Gasteiger partial charge in [0.15, 0.2) is 0 Å². The lowest BCUT2D eigenvalue weighted by Gasteiger charge is -2.08. The Bertz CT molecular complexity index is 326. The van der Waals surface area contributed by atoms with Crippen molar-refractivity contribution in [3.63, 3.8) is 0 Å². The van der Waals surface area contributed by atoms with Crippen LogP contribution in [0.4, 0.5) is 5.69 Å². The topological polar surface area (TPSA) is 38.3 Å². The number of rotatable bonds is 3. The minimum absolute atomic E-state index is 0.124. The fraction of sp³-hybridized carbons (Fsp3) is 0.300. The Morgan fingerprint density at radius 1 is 1.57 bits per heavy atom. The highest BCUT2D eigenvalue weighted by Crippen LogP contribution is 2.17. The molecule has 0 aliphatic heterocycles. The smallest absolute Gasteiger partial charge is 0.236 e. The molecule has 1 aromatic rings. The Kier molecular flexibility index (Phi) is 3.83. The first-order valence-corrected chi connectivity index (χ1v) is 4.78. The van der Waals surface area contributed by atoms with Crippen LogP contribution >= 0.6 is 12.6 Å². The van der Waals surface area contributed by atoms with E-state index in [1.54, 1.807) is 26.2 Å². The van der Waals surface area contributed by atoms with Crippen molar-refractivity contribution in [2.24, 2.45) is 0 Å². The molecule has 0 bridgehead atoms. The van der Waals surface area contributed by atoms with Gasteiger partial charge in [0.25, 0.3) is 0 Å². The van der Waals surface area contributed by atoms with E-state index in [0.717, 1.165) is 11.4 Å². The van der Waals surface area contributed by atoms with Crippen LogP contribution in [-0.4, -0.2) is 18.3 Å². The molecule has 0 aliphatic rings. The molecule has 0 spiro atoms. The van der Waals surface area contributed by atoms with E-state index in [1.165, 1.54) is 0 Å². The molecule has 0 radical (unpaired) electrons. The fourth-order valence-corrected chi connectivity index (χ4v) is 1.01. The summed E-state index contributed by atoms with van der Waals surface area (Å²) in [5.74, 6) is 0.594. The number of nitrogens with one attached hydrogen (secondary N) is 1. The zero-order valence-corrected chi connectivity index (χ0v) is 9.04. The minimum atomic E-state index is -0.318. The second-order valence-electron chi connectivity index (χ2n) is 2.90. The lowest BCUT2D eigenvalue weighted by molar-refractivity contribution is -0.115. The van der Waals surface area contributed by atoms with Crippen molar-refractivity contribution < 1.29 is 9.53 Å². The van der Waals surface area contributed by atoms with Crippen LogP contribution in [0.15, 0.2) is 24.3 Å². The van der Waals surface area contributed by atoms with Crippen molar-refractivity contribution in [3.05, 3.63) is 24.3 Å². The van der Waals surface area contributed by atoms with E-state index in [4.69, 9.17) is 4.74 Å². The molecule has 0 fully saturated rings. The molecule has 1 amide bonds. The van der Waals surface area contributed by atoms with Crippen LogP contribution < -0.4 is 10.1 Å². The number of amides is 1. The van der Waals surface area contributed by atoms with E-state index in [9.17, 15) is 4.79 Å². The number of hydrogen-bond donors (Lipinski definition) is 2. The van der Waals surface area contributed by atoms with E-state index in [0.29, 0.717) is 0 Å². The number of anilines is 1. The quantitative estimate of drug-likeness (QED) is 0.750. The number of thiol groups is 1. The van der Waals surface area contributed by atoms with Crippen molar-refractivity contribution in [1.29, 1.82) is 0 Å². The monoisotopic (exact) mass is 211 g/mol. The first-order chi connectivity index (χ1) is 6.63. The van der Waals surface area contributed by atoms with Crippen molar-refractivity contribution >= 4 is 24.2 Å². The van der Waals surface area contributed by atoms with Gasteiger partial charge in [-0.25, -0.2) is 0 Å². The molecule has 1 N–H and O–H groups in total. The summed E-state index contributed by atoms with van der Waals surface area (Å²) in [6.45, 7) is 1.72. The molecule has 0 aromatic heterocycles. The van der Waals surface area contributed by atoms with Crippen LogP contribution in [0.3, 0.4) is 0 Å². The number of methoxy groups -OCH3 is 1. The normalized spacial score (nSPS) is 11.9. The Morgan fingerprint density at radius 2 is 2.29 bits per heavy atom. The van der Waals surface area contributed by atoms with Gasteiger partial charge in [-0.2, -0.15) is 12.6 Å². The van der Waals surface area contributed by atoms with Gasteiger partial charge in [-0.05, 0) is 19.1 Å². The van der Waals surface area contributed by atoms with Crippen LogP contribution in [0.5, 0.6) is 5.75 Å². The summed E-state index contributed by atoms with van der Waals surface area (Å²) in [6.07, 6.45) is 0. The van der Waals surface area contributed by atoms with Gasteiger partial charge in [-0.15, -0.1) is 0 Å². The zero-order chi connectivity index (χ0) is 10.6. The second kappa shape index (κ2) is 4.91. The van der Waals surface area contributed by atoms with Gasteiger partial charge in [0, 0.05) is 11.8 Å². The molecule has 14 heavy (non-hydrogen) atoms. The van der Waals surface area contributed by atoms with Crippen molar-refractivity contribution in [2.75, 3.05) is 12.4 Å². The molecule has 0 saturated carbocycles. The Morgan fingerprint density at radius 3 is 2.86 bits per heavy atom. The lowest BCUT2D eigenvalue weighted by atomic mass is 10.3. The highest BCUT2D eigenvalue weighted by Gasteiger charge is 2.07. The maximum Gasteiger partial charge on any atom is 0.236 e. The van der Waals surface area contributed by atoms with Crippen molar-refractivity contribution in [2.45, 2.75) is 12.2 Å². The average molecular weight is 211 g/mol. The molecule has 76 valence electrons. The number of carbonyl (C=O) groups excluding carboxylic acids is 1. The molecule has 1 unspecified atom stereocenters. The van der Waals surface area contributed by atoms with Crippen LogP contribution in [0, 0.1) is 0 Å². The summed E-state index contributed by atoms with van der Waals surface area (Å²) < 4.78 is 5.03. The molecule has 1 atom stereocenters. The molecule has 0 saturated heterocycles. The second-order valence-corrected chi connectivity index (χ2v) is 3.67. The summed E-state index contributed by atoms with van der Waals surface area (Å²) in [5.41, 5.74) is 0.718. The van der Waals surface area contributed by atoms with Crippen LogP contribution in [0.2, 0.25) is 0 Å². The lowest BCUT2D eigenvalue weighted by Crippen LogP contribution is -2.20. The number of hydrogen-bond acceptors (Lipinski definition) is 3. The van der Waals surface area contributed by atoms with E-state index in [1.807, 2.05) is 12.1 Å². The van der Waals surface area contributed by atoms with Crippen LogP contribution in [0.25, 0.3) is 0 Å². The van der Waals surface area contributed by atoms with Crippen LogP contribution in [-0.2, 0) is 4.79 Å². The molecule has 1 rings (SSSR count). The first-order valence-electron chi connectivity index (χ1n) is 4.26. The average Bonchev–Trinajstić information content (AvgIpc) is 2.18. The summed E-state index contributed by atoms with van der Waals surface area (Å²) in [4.78, 5) is 11.3. The minimum Gasteiger partial charge on any atom is -0.497 e. The van der Waals surface area contributed by atoms with Gasteiger partial charge in [0.1, 0.15) is 5.75 Å². The van der Waals surface area contributed by atoms with Gasteiger partial charge in [-0.3, -0.25) is 4.79 Å². The third-order valence-electron chi connectivity index (χ3n) is 1.72. The van der Waals surface area contributed by atoms with E-state index >= 15 is 0 Å². The molecule has 0 aliphatic carbocycles. The van der Waals surface area contributed by atoms with Gasteiger partial charge < -0.3 is 10.1 Å². The molecule has 3 nitrogen and oxygen atoms in total. The molecule has 1 aromatic carbocycles. The molecular formula is C10H13NO2S. The molecule has 0 heterocycles. The maximum absolute atomic E-state index is 11.3. The SMILES string of the molecule is COc1cccc(NC(=O)C(C)S)c1. The Balaban J connectivity index is 2.72. The summed E-state index contributed by atoms with van der Waals surface area (Å²) in [5, 5.41) is 2.40. The van der Waals surface area contributed by atoms with Gasteiger partial charge >= 0.3 is 0 Å². The van der Waals surface area contributed by atoms with E-state index in [2.05, 4.69) is 17.9 Å². The summed E-state index contributed by atoms with van der Waals surface area (Å²) in [6, 6.07) is 7.20.